The van der Waals surface area contributed by atoms with E-state index in [1.54, 1.807) is 0 Å². The predicted octanol–water partition coefficient (Wildman–Crippen LogP) is 12.1. The van der Waals surface area contributed by atoms with Crippen molar-refractivity contribution < 1.29 is 0 Å². The Kier molecular flexibility index (Phi) is 6.51. The summed E-state index contributed by atoms with van der Waals surface area (Å²) in [6.45, 7) is 0. The summed E-state index contributed by atoms with van der Waals surface area (Å²) in [5.74, 6) is 0. The first-order valence-corrected chi connectivity index (χ1v) is 15.0. The maximum Gasteiger partial charge on any atom is 0.0781 e. The van der Waals surface area contributed by atoms with E-state index in [1.165, 1.54) is 32.3 Å². The zero-order valence-corrected chi connectivity index (χ0v) is 24.2. The van der Waals surface area contributed by atoms with E-state index in [1.807, 2.05) is 0 Å². The third kappa shape index (κ3) is 4.45. The van der Waals surface area contributed by atoms with Crippen molar-refractivity contribution in [1.82, 2.24) is 0 Å². The van der Waals surface area contributed by atoms with Crippen molar-refractivity contribution in [2.75, 3.05) is 9.80 Å². The van der Waals surface area contributed by atoms with Crippen LogP contribution in [0.15, 0.2) is 182 Å². The molecule has 0 saturated carbocycles. The standard InChI is InChI=1S/C42H30N2/c1-3-20-34(21-4-1)43(39-27-13-18-31-15-7-10-24-36(31)39)41-30-29-33-17-9-12-26-38(33)42(41)44(35-22-5-2-6-23-35)40-28-14-19-32-16-8-11-25-37(32)40/h1-30H. The number of hydrogen-bond acceptors (Lipinski definition) is 2. The summed E-state index contributed by atoms with van der Waals surface area (Å²) in [7, 11) is 0. The number of fused-ring (bicyclic) bond motifs is 3. The highest BCUT2D eigenvalue weighted by Crippen LogP contribution is 2.50. The Balaban J connectivity index is 1.52. The van der Waals surface area contributed by atoms with Crippen molar-refractivity contribution in [3.8, 4) is 0 Å². The lowest BCUT2D eigenvalue weighted by Crippen LogP contribution is -2.17. The van der Waals surface area contributed by atoms with Crippen LogP contribution in [0.5, 0.6) is 0 Å². The molecular formula is C42H30N2. The molecule has 8 aromatic rings. The quantitative estimate of drug-likeness (QED) is 0.199. The smallest absolute Gasteiger partial charge is 0.0781 e. The molecule has 0 aliphatic carbocycles. The van der Waals surface area contributed by atoms with Crippen molar-refractivity contribution in [1.29, 1.82) is 0 Å². The average Bonchev–Trinajstić information content (AvgIpc) is 3.10. The number of nitrogens with zero attached hydrogens (tertiary/aromatic N) is 2. The summed E-state index contributed by atoms with van der Waals surface area (Å²) in [5, 5.41) is 7.20. The van der Waals surface area contributed by atoms with Gasteiger partial charge >= 0.3 is 0 Å². The Bertz CT molecular complexity index is 2230. The van der Waals surface area contributed by atoms with E-state index in [0.717, 1.165) is 34.1 Å². The molecule has 0 N–H and O–H groups in total. The normalized spacial score (nSPS) is 11.2. The molecule has 2 heteroatoms. The summed E-state index contributed by atoms with van der Waals surface area (Å²) in [4.78, 5) is 4.87. The van der Waals surface area contributed by atoms with E-state index < -0.39 is 0 Å². The molecule has 0 radical (unpaired) electrons. The maximum absolute atomic E-state index is 2.45. The van der Waals surface area contributed by atoms with Crippen LogP contribution in [-0.4, -0.2) is 0 Å². The van der Waals surface area contributed by atoms with E-state index in [4.69, 9.17) is 0 Å². The first kappa shape index (κ1) is 25.8. The van der Waals surface area contributed by atoms with Gasteiger partial charge in [-0.2, -0.15) is 0 Å². The predicted molar refractivity (Wildman–Crippen MR) is 188 cm³/mol. The van der Waals surface area contributed by atoms with Crippen LogP contribution in [0.1, 0.15) is 0 Å². The second-order valence-corrected chi connectivity index (χ2v) is 11.0. The van der Waals surface area contributed by atoms with Gasteiger partial charge in [0.25, 0.3) is 0 Å². The molecule has 2 nitrogen and oxygen atoms in total. The fourth-order valence-electron chi connectivity index (χ4n) is 6.42. The second kappa shape index (κ2) is 11.1. The van der Waals surface area contributed by atoms with E-state index in [2.05, 4.69) is 192 Å². The van der Waals surface area contributed by atoms with Crippen LogP contribution in [0.4, 0.5) is 34.1 Å². The van der Waals surface area contributed by atoms with Crippen molar-refractivity contribution in [2.24, 2.45) is 0 Å². The molecule has 0 spiro atoms. The first-order chi connectivity index (χ1) is 21.9. The molecule has 0 unspecified atom stereocenters. The lowest BCUT2D eigenvalue weighted by molar-refractivity contribution is 1.25. The monoisotopic (exact) mass is 562 g/mol. The molecular weight excluding hydrogens is 532 g/mol. The minimum Gasteiger partial charge on any atom is -0.308 e. The van der Waals surface area contributed by atoms with Crippen LogP contribution in [0.2, 0.25) is 0 Å². The van der Waals surface area contributed by atoms with Gasteiger partial charge < -0.3 is 9.80 Å². The Morgan fingerprint density at radius 3 is 1.23 bits per heavy atom. The fourth-order valence-corrected chi connectivity index (χ4v) is 6.42. The molecule has 0 atom stereocenters. The van der Waals surface area contributed by atoms with Crippen LogP contribution in [0.25, 0.3) is 32.3 Å². The molecule has 44 heavy (non-hydrogen) atoms. The van der Waals surface area contributed by atoms with Crippen molar-refractivity contribution in [2.45, 2.75) is 0 Å². The largest absolute Gasteiger partial charge is 0.308 e. The van der Waals surface area contributed by atoms with Gasteiger partial charge in [-0.25, -0.2) is 0 Å². The second-order valence-electron chi connectivity index (χ2n) is 11.0. The molecule has 0 amide bonds. The summed E-state index contributed by atoms with van der Waals surface area (Å²) >= 11 is 0. The number of rotatable bonds is 6. The summed E-state index contributed by atoms with van der Waals surface area (Å²) < 4.78 is 0. The van der Waals surface area contributed by atoms with Gasteiger partial charge in [0.2, 0.25) is 0 Å². The van der Waals surface area contributed by atoms with Gasteiger partial charge in [0.05, 0.1) is 22.7 Å². The third-order valence-corrected chi connectivity index (χ3v) is 8.39. The molecule has 8 aromatic carbocycles. The van der Waals surface area contributed by atoms with Gasteiger partial charge in [0, 0.05) is 27.5 Å². The highest BCUT2D eigenvalue weighted by Gasteiger charge is 2.26. The Labute approximate surface area is 257 Å². The van der Waals surface area contributed by atoms with Gasteiger partial charge in [-0.15, -0.1) is 0 Å². The van der Waals surface area contributed by atoms with Crippen molar-refractivity contribution >= 4 is 66.4 Å². The summed E-state index contributed by atoms with van der Waals surface area (Å²) in [5.41, 5.74) is 6.71. The zero-order chi connectivity index (χ0) is 29.3. The van der Waals surface area contributed by atoms with Gasteiger partial charge in [0.1, 0.15) is 0 Å². The van der Waals surface area contributed by atoms with Gasteiger partial charge in [0.15, 0.2) is 0 Å². The highest BCUT2D eigenvalue weighted by atomic mass is 15.2. The Morgan fingerprint density at radius 2 is 0.659 bits per heavy atom. The minimum atomic E-state index is 1.10. The molecule has 0 aliphatic rings. The number of para-hydroxylation sites is 2. The number of benzene rings is 8. The van der Waals surface area contributed by atoms with E-state index in [-0.39, 0.29) is 0 Å². The minimum absolute atomic E-state index is 1.10. The number of hydrogen-bond donors (Lipinski definition) is 0. The molecule has 0 aliphatic heterocycles. The fraction of sp³-hybridized carbons (Fsp3) is 0. The average molecular weight is 563 g/mol. The summed E-state index contributed by atoms with van der Waals surface area (Å²) in [6.07, 6.45) is 0. The lowest BCUT2D eigenvalue weighted by atomic mass is 10.0. The molecule has 0 fully saturated rings. The van der Waals surface area contributed by atoms with Crippen LogP contribution in [0, 0.1) is 0 Å². The number of anilines is 6. The Morgan fingerprint density at radius 1 is 0.250 bits per heavy atom. The third-order valence-electron chi connectivity index (χ3n) is 8.39. The van der Waals surface area contributed by atoms with Crippen LogP contribution in [0.3, 0.4) is 0 Å². The first-order valence-electron chi connectivity index (χ1n) is 15.0. The van der Waals surface area contributed by atoms with Crippen LogP contribution < -0.4 is 9.80 Å². The van der Waals surface area contributed by atoms with Crippen LogP contribution in [-0.2, 0) is 0 Å². The van der Waals surface area contributed by atoms with Crippen molar-refractivity contribution in [3.63, 3.8) is 0 Å². The molecule has 8 rings (SSSR count). The van der Waals surface area contributed by atoms with E-state index in [9.17, 15) is 0 Å². The van der Waals surface area contributed by atoms with Crippen molar-refractivity contribution in [3.05, 3.63) is 182 Å². The van der Waals surface area contributed by atoms with Gasteiger partial charge in [-0.1, -0.05) is 140 Å². The molecule has 0 saturated heterocycles. The zero-order valence-electron chi connectivity index (χ0n) is 24.2. The lowest BCUT2D eigenvalue weighted by Gasteiger charge is -2.35. The molecule has 208 valence electrons. The maximum atomic E-state index is 2.45. The highest BCUT2D eigenvalue weighted by molar-refractivity contribution is 6.11. The van der Waals surface area contributed by atoms with Crippen LogP contribution >= 0.6 is 0 Å². The molecule has 0 bridgehead atoms. The molecule has 0 aromatic heterocycles. The van der Waals surface area contributed by atoms with Gasteiger partial charge in [-0.3, -0.25) is 0 Å². The summed E-state index contributed by atoms with van der Waals surface area (Å²) in [6, 6.07) is 65.2. The van der Waals surface area contributed by atoms with E-state index >= 15 is 0 Å². The van der Waals surface area contributed by atoms with Gasteiger partial charge in [-0.05, 0) is 58.6 Å². The topological polar surface area (TPSA) is 6.48 Å². The Hall–Kier alpha value is -5.86. The molecule has 0 heterocycles. The van der Waals surface area contributed by atoms with E-state index in [0.29, 0.717) is 0 Å². The SMILES string of the molecule is c1ccc(N(c2ccc3ccccc3c2N(c2ccccc2)c2cccc3ccccc23)c2cccc3ccccc23)cc1.